The number of hydrogen-bond acceptors (Lipinski definition) is 6. The van der Waals surface area contributed by atoms with E-state index in [0.29, 0.717) is 36.1 Å². The summed E-state index contributed by atoms with van der Waals surface area (Å²) in [5, 5.41) is 12.5. The van der Waals surface area contributed by atoms with Gasteiger partial charge < -0.3 is 10.0 Å². The van der Waals surface area contributed by atoms with Gasteiger partial charge in [0.05, 0.1) is 15.6 Å². The summed E-state index contributed by atoms with van der Waals surface area (Å²) in [4.78, 5) is 33.7. The minimum Gasteiger partial charge on any atom is -0.478 e. The normalized spacial score (nSPS) is 20.9. The van der Waals surface area contributed by atoms with Crippen LogP contribution in [0.2, 0.25) is 10.0 Å². The van der Waals surface area contributed by atoms with Crippen molar-refractivity contribution in [2.75, 3.05) is 29.9 Å². The number of halogens is 6. The summed E-state index contributed by atoms with van der Waals surface area (Å²) >= 11 is 13.8. The molecule has 1 aromatic heterocycles. The van der Waals surface area contributed by atoms with Crippen LogP contribution in [0.25, 0.3) is 17.3 Å². The van der Waals surface area contributed by atoms with Crippen LogP contribution in [-0.4, -0.2) is 58.6 Å². The number of carboxylic acids is 1. The molecule has 3 aromatic rings. The number of fused-ring (bicyclic) bond motifs is 1. The van der Waals surface area contributed by atoms with Gasteiger partial charge in [-0.2, -0.15) is 13.2 Å². The summed E-state index contributed by atoms with van der Waals surface area (Å²) < 4.78 is 56.6. The van der Waals surface area contributed by atoms with Gasteiger partial charge in [0.1, 0.15) is 16.5 Å². The van der Waals surface area contributed by atoms with Crippen LogP contribution in [0, 0.1) is 11.7 Å². The van der Waals surface area contributed by atoms with Gasteiger partial charge >= 0.3 is 12.1 Å². The second-order valence-electron chi connectivity index (χ2n) is 12.3. The van der Waals surface area contributed by atoms with Gasteiger partial charge in [-0.15, -0.1) is 0 Å². The third-order valence-electron chi connectivity index (χ3n) is 9.35. The molecule has 2 N–H and O–H groups in total. The van der Waals surface area contributed by atoms with Gasteiger partial charge in [-0.05, 0) is 69.0 Å². The van der Waals surface area contributed by atoms with Crippen LogP contribution in [0.5, 0.6) is 0 Å². The van der Waals surface area contributed by atoms with E-state index in [9.17, 15) is 27.9 Å². The number of carbonyl (C=O) groups excluding carboxylic acids is 1. The minimum absolute atomic E-state index is 0.0106. The minimum atomic E-state index is -4.90. The Morgan fingerprint density at radius 1 is 1.09 bits per heavy atom. The fourth-order valence-electron chi connectivity index (χ4n) is 7.02. The Morgan fingerprint density at radius 3 is 2.45 bits per heavy atom. The van der Waals surface area contributed by atoms with Gasteiger partial charge in [-0.25, -0.2) is 14.2 Å². The number of nitrogens with zero attached hydrogens (tertiary/aromatic N) is 3. The number of likely N-dealkylation sites (tertiary alicyclic amines) is 1. The van der Waals surface area contributed by atoms with E-state index in [1.54, 1.807) is 0 Å². The Balaban J connectivity index is 1.33. The molecule has 47 heavy (non-hydrogen) atoms. The van der Waals surface area contributed by atoms with Crippen molar-refractivity contribution >= 4 is 62.6 Å². The third kappa shape index (κ3) is 6.88. The lowest BCUT2D eigenvalue weighted by Crippen LogP contribution is -2.43. The number of rotatable bonds is 7. The van der Waals surface area contributed by atoms with Gasteiger partial charge in [0.15, 0.2) is 5.13 Å². The first kappa shape index (κ1) is 33.7. The number of carboxylic acid groups (broad SMARTS) is 1. The maximum absolute atomic E-state index is 15.5. The maximum atomic E-state index is 15.5. The molecule has 2 aromatic carbocycles. The van der Waals surface area contributed by atoms with Crippen molar-refractivity contribution in [1.82, 2.24) is 9.88 Å². The number of anilines is 2. The van der Waals surface area contributed by atoms with E-state index in [2.05, 4.69) is 20.1 Å². The highest BCUT2D eigenvalue weighted by Crippen LogP contribution is 2.46. The lowest BCUT2D eigenvalue weighted by molar-refractivity contribution is -0.140. The van der Waals surface area contributed by atoms with Crippen LogP contribution in [-0.2, 0) is 11.0 Å². The van der Waals surface area contributed by atoms with Crippen molar-refractivity contribution in [2.45, 2.75) is 63.7 Å². The predicted octanol–water partition coefficient (Wildman–Crippen LogP) is 8.86. The van der Waals surface area contributed by atoms with Gasteiger partial charge in [0.2, 0.25) is 0 Å². The molecule has 0 radical (unpaired) electrons. The number of nitrogens with one attached hydrogen (secondary N) is 1. The highest BCUT2D eigenvalue weighted by atomic mass is 35.5. The standard InChI is InChI=1S/C33H32Cl2F4N4O3S/c1-17(31(45)46)12-22-24(34)13-19(14-25(22)35)29(44)41-32-40-28(21-8-5-9-23(27(21)36)33(37,38)39)30(47-32)42-15-18-10-11-43(26(18)16-42)20-6-3-2-4-7-20/h5,8-9,12-14,18,20,26H,2-4,6-7,10-11,15-16H2,1H3,(H,45,46)(H,40,41,44). The SMILES string of the molecule is CC(=Cc1c(Cl)cc(C(=O)Nc2nc(-c3cccc(C(F)(F)F)c3F)c(N3CC4CCN(C5CCCCC5)C4C3)s2)cc1Cl)C(=O)O. The molecule has 1 amide bonds. The summed E-state index contributed by atoms with van der Waals surface area (Å²) in [7, 11) is 0. The van der Waals surface area contributed by atoms with E-state index < -0.39 is 29.4 Å². The monoisotopic (exact) mass is 710 g/mol. The molecule has 3 fully saturated rings. The molecule has 3 heterocycles. The molecule has 0 bridgehead atoms. The van der Waals surface area contributed by atoms with Crippen LogP contribution in [0.3, 0.4) is 0 Å². The smallest absolute Gasteiger partial charge is 0.419 e. The number of benzene rings is 2. The molecule has 250 valence electrons. The Kier molecular flexibility index (Phi) is 9.59. The van der Waals surface area contributed by atoms with E-state index in [1.807, 2.05) is 0 Å². The molecule has 1 aliphatic carbocycles. The average Bonchev–Trinajstić information content (AvgIpc) is 3.73. The zero-order valence-corrected chi connectivity index (χ0v) is 27.7. The molecule has 2 aliphatic heterocycles. The fraction of sp³-hybridized carbons (Fsp3) is 0.424. The Hall–Kier alpha value is -3.19. The maximum Gasteiger partial charge on any atom is 0.419 e. The quantitative estimate of drug-likeness (QED) is 0.188. The summed E-state index contributed by atoms with van der Waals surface area (Å²) in [5.41, 5.74) is -1.40. The molecule has 2 saturated heterocycles. The molecule has 2 atom stereocenters. The van der Waals surface area contributed by atoms with E-state index in [-0.39, 0.29) is 49.2 Å². The highest BCUT2D eigenvalue weighted by molar-refractivity contribution is 7.20. The number of alkyl halides is 3. The zero-order valence-electron chi connectivity index (χ0n) is 25.3. The Morgan fingerprint density at radius 2 is 1.79 bits per heavy atom. The fourth-order valence-corrected chi connectivity index (χ4v) is 8.61. The lowest BCUT2D eigenvalue weighted by Gasteiger charge is -2.35. The van der Waals surface area contributed by atoms with Crippen LogP contribution >= 0.6 is 34.5 Å². The number of aromatic nitrogens is 1. The predicted molar refractivity (Wildman–Crippen MR) is 176 cm³/mol. The molecule has 1 saturated carbocycles. The molecule has 3 aliphatic rings. The number of aliphatic carboxylic acids is 1. The summed E-state index contributed by atoms with van der Waals surface area (Å²) in [5.74, 6) is -2.88. The van der Waals surface area contributed by atoms with Crippen molar-refractivity contribution in [3.63, 3.8) is 0 Å². The van der Waals surface area contributed by atoms with E-state index in [4.69, 9.17) is 23.2 Å². The van der Waals surface area contributed by atoms with Crippen LogP contribution in [0.15, 0.2) is 35.9 Å². The number of thiazole rings is 1. The molecule has 2 unspecified atom stereocenters. The number of amides is 1. The van der Waals surface area contributed by atoms with Gasteiger partial charge in [-0.1, -0.05) is 59.9 Å². The number of carbonyl (C=O) groups is 2. The van der Waals surface area contributed by atoms with Crippen molar-refractivity contribution < 1.29 is 32.3 Å². The second-order valence-corrected chi connectivity index (χ2v) is 14.1. The Bertz CT molecular complexity index is 1720. The summed E-state index contributed by atoms with van der Waals surface area (Å²) in [6.45, 7) is 3.66. The van der Waals surface area contributed by atoms with Crippen LogP contribution in [0.4, 0.5) is 27.7 Å². The van der Waals surface area contributed by atoms with E-state index >= 15 is 4.39 Å². The lowest BCUT2D eigenvalue weighted by atomic mass is 9.93. The molecular formula is C33H32Cl2F4N4O3S. The summed E-state index contributed by atoms with van der Waals surface area (Å²) in [6.07, 6.45) is 3.37. The van der Waals surface area contributed by atoms with Crippen LogP contribution in [0.1, 0.15) is 66.9 Å². The van der Waals surface area contributed by atoms with Crippen molar-refractivity contribution in [1.29, 1.82) is 0 Å². The van der Waals surface area contributed by atoms with E-state index in [1.165, 1.54) is 50.5 Å². The zero-order chi connectivity index (χ0) is 33.6. The first-order valence-corrected chi connectivity index (χ1v) is 17.0. The van der Waals surface area contributed by atoms with Crippen molar-refractivity contribution in [3.05, 3.63) is 68.5 Å². The van der Waals surface area contributed by atoms with Gasteiger partial charge in [0, 0.05) is 47.4 Å². The molecule has 7 nitrogen and oxygen atoms in total. The van der Waals surface area contributed by atoms with Crippen LogP contribution < -0.4 is 10.2 Å². The van der Waals surface area contributed by atoms with E-state index in [0.717, 1.165) is 43.2 Å². The van der Waals surface area contributed by atoms with Crippen molar-refractivity contribution in [2.24, 2.45) is 5.92 Å². The van der Waals surface area contributed by atoms with Crippen molar-refractivity contribution in [3.8, 4) is 11.3 Å². The highest BCUT2D eigenvalue weighted by Gasteiger charge is 2.45. The largest absolute Gasteiger partial charge is 0.478 e. The molecular weight excluding hydrogens is 679 g/mol. The number of hydrogen-bond donors (Lipinski definition) is 2. The first-order valence-electron chi connectivity index (χ1n) is 15.4. The summed E-state index contributed by atoms with van der Waals surface area (Å²) in [6, 6.07) is 6.56. The molecule has 14 heteroatoms. The third-order valence-corrected chi connectivity index (χ3v) is 11.0. The Labute approximate surface area is 283 Å². The van der Waals surface area contributed by atoms with Gasteiger partial charge in [0.25, 0.3) is 5.91 Å². The molecule has 0 spiro atoms. The molecule has 6 rings (SSSR count). The topological polar surface area (TPSA) is 85.8 Å². The average molecular weight is 712 g/mol. The second kappa shape index (κ2) is 13.4. The van der Waals surface area contributed by atoms with Gasteiger partial charge in [-0.3, -0.25) is 15.0 Å². The first-order chi connectivity index (χ1) is 22.3.